The maximum Gasteiger partial charge on any atom is 0.332 e. The Bertz CT molecular complexity index is 2660. The number of hydrogen-bond acceptors (Lipinski definition) is 11. The Morgan fingerprint density at radius 2 is 1.13 bits per heavy atom. The van der Waals surface area contributed by atoms with Crippen molar-refractivity contribution in [3.05, 3.63) is 163 Å². The Morgan fingerprint density at radius 1 is 0.661 bits per heavy atom. The van der Waals surface area contributed by atoms with Crippen LogP contribution in [0.25, 0.3) is 11.1 Å². The number of halogens is 2. The van der Waals surface area contributed by atoms with Gasteiger partial charge in [0.2, 0.25) is 0 Å². The van der Waals surface area contributed by atoms with Crippen molar-refractivity contribution >= 4 is 29.2 Å². The number of benzene rings is 4. The van der Waals surface area contributed by atoms with Gasteiger partial charge in [0.05, 0.1) is 27.8 Å². The third-order valence-electron chi connectivity index (χ3n) is 10.2. The lowest BCUT2D eigenvalue weighted by Crippen LogP contribution is -2.19. The van der Waals surface area contributed by atoms with Gasteiger partial charge in [-0.25, -0.2) is 4.79 Å². The predicted octanol–water partition coefficient (Wildman–Crippen LogP) is 9.39. The smallest absolute Gasteiger partial charge is 0.332 e. The van der Waals surface area contributed by atoms with Crippen molar-refractivity contribution in [2.75, 3.05) is 0 Å². The molecule has 0 aliphatic rings. The molecule has 0 bridgehead atoms. The van der Waals surface area contributed by atoms with Crippen LogP contribution in [0.4, 0.5) is 0 Å². The summed E-state index contributed by atoms with van der Waals surface area (Å²) in [7, 11) is 0. The average Bonchev–Trinajstić information content (AvgIpc) is 3.28. The summed E-state index contributed by atoms with van der Waals surface area (Å²) in [5, 5.41) is 48.1. The van der Waals surface area contributed by atoms with Crippen LogP contribution in [0.5, 0.6) is 23.0 Å². The molecule has 4 aromatic carbocycles. The van der Waals surface area contributed by atoms with Crippen molar-refractivity contribution in [2.24, 2.45) is 0 Å². The first-order chi connectivity index (χ1) is 30.0. The van der Waals surface area contributed by atoms with Gasteiger partial charge < -0.3 is 34.3 Å². The number of aromatic nitrogens is 2. The van der Waals surface area contributed by atoms with Gasteiger partial charge in [-0.2, -0.15) is 10.5 Å². The maximum absolute atomic E-state index is 11.2. The molecular formula is C48H42Cl2N4O8. The fourth-order valence-corrected chi connectivity index (χ4v) is 7.20. The second kappa shape index (κ2) is 21.2. The Hall–Kier alpha value is -6.67. The summed E-state index contributed by atoms with van der Waals surface area (Å²) in [6, 6.07) is 26.2. The molecule has 316 valence electrons. The molecule has 0 radical (unpaired) electrons. The van der Waals surface area contributed by atoms with Crippen LogP contribution >= 0.6 is 23.2 Å². The minimum Gasteiger partial charge on any atom is -0.488 e. The van der Waals surface area contributed by atoms with Crippen LogP contribution in [0, 0.1) is 36.5 Å². The zero-order valence-corrected chi connectivity index (χ0v) is 35.4. The van der Waals surface area contributed by atoms with E-state index in [0.29, 0.717) is 79.3 Å². The zero-order valence-electron chi connectivity index (χ0n) is 33.9. The summed E-state index contributed by atoms with van der Waals surface area (Å²) in [5.74, 6) is 0.332. The van der Waals surface area contributed by atoms with Gasteiger partial charge in [0.15, 0.2) is 6.10 Å². The van der Waals surface area contributed by atoms with Crippen LogP contribution < -0.4 is 18.9 Å². The molecule has 6 aromatic rings. The molecule has 0 aliphatic heterocycles. The van der Waals surface area contributed by atoms with Gasteiger partial charge in [-0.1, -0.05) is 59.6 Å². The summed E-state index contributed by atoms with van der Waals surface area (Å²) < 4.78 is 24.8. The second-order valence-electron chi connectivity index (χ2n) is 14.4. The lowest BCUT2D eigenvalue weighted by Gasteiger charge is -2.19. The molecule has 14 heteroatoms. The van der Waals surface area contributed by atoms with E-state index in [1.54, 1.807) is 48.8 Å². The first-order valence-electron chi connectivity index (χ1n) is 19.5. The van der Waals surface area contributed by atoms with E-state index in [1.165, 1.54) is 12.4 Å². The molecule has 0 amide bonds. The molecular weight excluding hydrogens is 831 g/mol. The standard InChI is InChI=1S/C48H42Cl2N4O8/c1-29-36(27-61-46-16-44(59-25-33-12-31(18-51)20-53-22-33)35(14-41(46)49)6-5-11-43(56)48(57)58)7-3-9-39(29)40-10-4-8-37(30(40)2)28-62-47-17-45(38(24-55)15-42(47)50)60-26-34-13-32(19-52)21-54-23-34/h3-4,7-10,12-17,20-23,43,55-56H,5-6,11,24-28H2,1-2H3,(H,57,58). The molecule has 0 spiro atoms. The summed E-state index contributed by atoms with van der Waals surface area (Å²) in [4.78, 5) is 19.4. The summed E-state index contributed by atoms with van der Waals surface area (Å²) >= 11 is 13.4. The highest BCUT2D eigenvalue weighted by atomic mass is 35.5. The largest absolute Gasteiger partial charge is 0.488 e. The molecule has 0 aliphatic carbocycles. The molecule has 6 rings (SSSR count). The number of carboxylic acid groups (broad SMARTS) is 1. The van der Waals surface area contributed by atoms with Crippen molar-refractivity contribution in [2.45, 2.75) is 72.2 Å². The monoisotopic (exact) mass is 872 g/mol. The topological polar surface area (TPSA) is 188 Å². The number of aryl methyl sites for hydroxylation is 1. The molecule has 12 nitrogen and oxygen atoms in total. The van der Waals surface area contributed by atoms with Gasteiger partial charge in [-0.05, 0) is 96.3 Å². The number of carbonyl (C=O) groups is 1. The van der Waals surface area contributed by atoms with Crippen LogP contribution in [-0.2, 0) is 44.2 Å². The Labute approximate surface area is 369 Å². The quantitative estimate of drug-likeness (QED) is 0.0701. The Kier molecular flexibility index (Phi) is 15.4. The van der Waals surface area contributed by atoms with Crippen molar-refractivity contribution in [3.8, 4) is 46.3 Å². The van der Waals surface area contributed by atoms with Crippen molar-refractivity contribution in [1.82, 2.24) is 9.97 Å². The Morgan fingerprint density at radius 3 is 1.60 bits per heavy atom. The lowest BCUT2D eigenvalue weighted by atomic mass is 9.92. The maximum atomic E-state index is 11.2. The molecule has 0 saturated carbocycles. The first-order valence-corrected chi connectivity index (χ1v) is 20.3. The average molecular weight is 874 g/mol. The lowest BCUT2D eigenvalue weighted by molar-refractivity contribution is -0.146. The fraction of sp³-hybridized carbons (Fsp3) is 0.229. The van der Waals surface area contributed by atoms with E-state index >= 15 is 0 Å². The number of ether oxygens (including phenoxy) is 4. The van der Waals surface area contributed by atoms with Crippen molar-refractivity contribution in [1.29, 1.82) is 10.5 Å². The van der Waals surface area contributed by atoms with Gasteiger partial charge in [0.25, 0.3) is 0 Å². The van der Waals surface area contributed by atoms with Gasteiger partial charge in [-0.3, -0.25) is 9.97 Å². The minimum atomic E-state index is -1.48. The van der Waals surface area contributed by atoms with Crippen LogP contribution in [0.3, 0.4) is 0 Å². The molecule has 2 aromatic heterocycles. The summed E-state index contributed by atoms with van der Waals surface area (Å²) in [6.45, 7) is 4.38. The molecule has 1 atom stereocenters. The third-order valence-corrected chi connectivity index (χ3v) is 10.8. The number of carboxylic acids is 1. The van der Waals surface area contributed by atoms with Gasteiger partial charge in [0.1, 0.15) is 61.6 Å². The molecule has 0 saturated heterocycles. The van der Waals surface area contributed by atoms with Crippen LogP contribution in [0.15, 0.2) is 97.6 Å². The summed E-state index contributed by atoms with van der Waals surface area (Å²) in [6.07, 6.45) is 5.47. The van der Waals surface area contributed by atoms with E-state index in [0.717, 1.165) is 33.4 Å². The number of hydrogen-bond donors (Lipinski definition) is 3. The fourth-order valence-electron chi connectivity index (χ4n) is 6.72. The van der Waals surface area contributed by atoms with Gasteiger partial charge in [-0.15, -0.1) is 0 Å². The SMILES string of the molecule is Cc1c(COc2cc(OCc3cncc(C#N)c3)c(CO)cc2Cl)cccc1-c1cccc(COc2cc(OCc3cncc(C#N)c3)c(CCCC(O)C(=O)O)cc2Cl)c1C. The van der Waals surface area contributed by atoms with Crippen LogP contribution in [0.1, 0.15) is 68.5 Å². The Balaban J connectivity index is 1.18. The number of nitrogens with zero attached hydrogens (tertiary/aromatic N) is 4. The number of aliphatic hydroxyl groups excluding tert-OH is 2. The number of nitriles is 2. The van der Waals surface area contributed by atoms with Gasteiger partial charge >= 0.3 is 5.97 Å². The van der Waals surface area contributed by atoms with E-state index in [4.69, 9.17) is 47.3 Å². The molecule has 3 N–H and O–H groups in total. The van der Waals surface area contributed by atoms with Crippen molar-refractivity contribution < 1.29 is 39.1 Å². The number of aliphatic hydroxyl groups is 2. The molecule has 62 heavy (non-hydrogen) atoms. The normalized spacial score (nSPS) is 11.3. The zero-order chi connectivity index (χ0) is 44.2. The number of rotatable bonds is 19. The highest BCUT2D eigenvalue weighted by molar-refractivity contribution is 6.32. The number of aliphatic carboxylic acids is 1. The van der Waals surface area contributed by atoms with Crippen molar-refractivity contribution in [3.63, 3.8) is 0 Å². The van der Waals surface area contributed by atoms with E-state index < -0.39 is 12.1 Å². The van der Waals surface area contributed by atoms with E-state index in [2.05, 4.69) is 22.1 Å². The second-order valence-corrected chi connectivity index (χ2v) is 15.2. The van der Waals surface area contributed by atoms with E-state index in [9.17, 15) is 25.5 Å². The van der Waals surface area contributed by atoms with Gasteiger partial charge in [0, 0.05) is 53.6 Å². The third kappa shape index (κ3) is 11.4. The highest BCUT2D eigenvalue weighted by Crippen LogP contribution is 2.38. The van der Waals surface area contributed by atoms with E-state index in [1.807, 2.05) is 50.2 Å². The summed E-state index contributed by atoms with van der Waals surface area (Å²) in [5.41, 5.74) is 9.25. The molecule has 0 fully saturated rings. The number of pyridine rings is 2. The first kappa shape index (κ1) is 44.9. The molecule has 1 unspecified atom stereocenters. The van der Waals surface area contributed by atoms with Crippen LogP contribution in [-0.4, -0.2) is 37.4 Å². The highest BCUT2D eigenvalue weighted by Gasteiger charge is 2.18. The van der Waals surface area contributed by atoms with E-state index in [-0.39, 0.29) is 39.5 Å². The molecule has 2 heterocycles. The predicted molar refractivity (Wildman–Crippen MR) is 232 cm³/mol. The minimum absolute atomic E-state index is 0.0500. The van der Waals surface area contributed by atoms with Crippen LogP contribution in [0.2, 0.25) is 10.0 Å².